The number of benzene rings is 2. The van der Waals surface area contributed by atoms with Gasteiger partial charge in [-0.05, 0) is 23.8 Å². The van der Waals surface area contributed by atoms with E-state index in [0.717, 1.165) is 23.3 Å². The molecule has 0 fully saturated rings. The predicted octanol–water partition coefficient (Wildman–Crippen LogP) is 2.99. The molecule has 1 atom stereocenters. The number of nitrogens with zero attached hydrogens (tertiary/aromatic N) is 2. The van der Waals surface area contributed by atoms with E-state index in [1.807, 2.05) is 48.5 Å². The number of hydrogen-bond acceptors (Lipinski definition) is 3. The minimum atomic E-state index is -0.0235. The fourth-order valence-corrected chi connectivity index (χ4v) is 3.15. The zero-order valence-electron chi connectivity index (χ0n) is 16.1. The first-order valence-electron chi connectivity index (χ1n) is 9.24. The molecule has 0 bridgehead atoms. The van der Waals surface area contributed by atoms with E-state index in [2.05, 4.69) is 15.6 Å². The van der Waals surface area contributed by atoms with Gasteiger partial charge in [-0.15, -0.1) is 0 Å². The molecular weight excluding hydrogens is 376 g/mol. The average Bonchev–Trinajstić information content (AvgIpc) is 2.70. The number of amides is 1. The maximum absolute atomic E-state index is 12.0. The number of guanidine groups is 1. The molecule has 3 rings (SSSR count). The number of hydrogen-bond donors (Lipinski definition) is 2. The fourth-order valence-electron chi connectivity index (χ4n) is 2.93. The highest BCUT2D eigenvalue weighted by Gasteiger charge is 2.22. The van der Waals surface area contributed by atoms with Crippen LogP contribution in [0.1, 0.15) is 23.6 Å². The summed E-state index contributed by atoms with van der Waals surface area (Å²) in [5.41, 5.74) is 2.09. The van der Waals surface area contributed by atoms with Crippen LogP contribution in [0.25, 0.3) is 0 Å². The van der Waals surface area contributed by atoms with Gasteiger partial charge in [-0.2, -0.15) is 0 Å². The first-order chi connectivity index (χ1) is 13.5. The fraction of sp³-hybridized carbons (Fsp3) is 0.333. The van der Waals surface area contributed by atoms with E-state index < -0.39 is 0 Å². The average molecular weight is 401 g/mol. The summed E-state index contributed by atoms with van der Waals surface area (Å²) in [6.45, 7) is 1.25. The standard InChI is InChI=1S/C21H25ClN4O2/c1-26(2)20(27)14-24-21(23-13-15-6-5-7-16(22)12-15)25-18-10-11-28-19-9-4-3-8-17(18)19/h3-9,12,18H,10-11,13-14H2,1-2H3,(H2,23,24,25). The van der Waals surface area contributed by atoms with Crippen molar-refractivity contribution < 1.29 is 9.53 Å². The molecule has 0 aliphatic carbocycles. The Morgan fingerprint density at radius 2 is 2.07 bits per heavy atom. The van der Waals surface area contributed by atoms with Crippen LogP contribution < -0.4 is 15.4 Å². The van der Waals surface area contributed by atoms with Crippen LogP contribution in [0.2, 0.25) is 5.02 Å². The molecule has 0 aromatic heterocycles. The molecule has 1 unspecified atom stereocenters. The Kier molecular flexibility index (Phi) is 6.76. The largest absolute Gasteiger partial charge is 0.493 e. The molecule has 1 aliphatic rings. The minimum absolute atomic E-state index is 0.0235. The van der Waals surface area contributed by atoms with Gasteiger partial charge in [0.05, 0.1) is 25.7 Å². The molecule has 1 heterocycles. The topological polar surface area (TPSA) is 66.0 Å². The van der Waals surface area contributed by atoms with Crippen LogP contribution in [0.5, 0.6) is 5.75 Å². The van der Waals surface area contributed by atoms with E-state index in [9.17, 15) is 4.79 Å². The summed E-state index contributed by atoms with van der Waals surface area (Å²) < 4.78 is 5.73. The normalized spacial score (nSPS) is 16.0. The van der Waals surface area contributed by atoms with Crippen LogP contribution in [-0.4, -0.2) is 44.0 Å². The maximum atomic E-state index is 12.0. The Bertz CT molecular complexity index is 854. The molecule has 7 heteroatoms. The Morgan fingerprint density at radius 1 is 1.25 bits per heavy atom. The Hall–Kier alpha value is -2.73. The van der Waals surface area contributed by atoms with Crippen LogP contribution >= 0.6 is 11.6 Å². The van der Waals surface area contributed by atoms with Gasteiger partial charge in [0, 0.05) is 31.1 Å². The quantitative estimate of drug-likeness (QED) is 0.598. The van der Waals surface area contributed by atoms with Crippen LogP contribution in [-0.2, 0) is 11.3 Å². The lowest BCUT2D eigenvalue weighted by Crippen LogP contribution is -2.45. The summed E-state index contributed by atoms with van der Waals surface area (Å²) in [6, 6.07) is 15.6. The lowest BCUT2D eigenvalue weighted by molar-refractivity contribution is -0.127. The second kappa shape index (κ2) is 9.46. The monoisotopic (exact) mass is 400 g/mol. The number of carbonyl (C=O) groups is 1. The van der Waals surface area contributed by atoms with Crippen molar-refractivity contribution in [2.45, 2.75) is 19.0 Å². The van der Waals surface area contributed by atoms with Crippen molar-refractivity contribution in [2.24, 2.45) is 4.99 Å². The summed E-state index contributed by atoms with van der Waals surface area (Å²) >= 11 is 6.07. The highest BCUT2D eigenvalue weighted by atomic mass is 35.5. The van der Waals surface area contributed by atoms with E-state index in [1.165, 1.54) is 0 Å². The molecule has 6 nitrogen and oxygen atoms in total. The van der Waals surface area contributed by atoms with Crippen LogP contribution in [0, 0.1) is 0 Å². The number of ether oxygens (including phenoxy) is 1. The molecule has 1 aliphatic heterocycles. The Labute approximate surface area is 170 Å². The van der Waals surface area contributed by atoms with Crippen molar-refractivity contribution in [2.75, 3.05) is 27.2 Å². The Balaban J connectivity index is 1.76. The highest BCUT2D eigenvalue weighted by molar-refractivity contribution is 6.30. The van der Waals surface area contributed by atoms with Gasteiger partial charge in [0.1, 0.15) is 5.75 Å². The summed E-state index contributed by atoms with van der Waals surface area (Å²) in [7, 11) is 3.46. The highest BCUT2D eigenvalue weighted by Crippen LogP contribution is 2.31. The van der Waals surface area contributed by atoms with Gasteiger partial charge in [-0.3, -0.25) is 4.79 Å². The molecule has 0 radical (unpaired) electrons. The number of rotatable bonds is 5. The van der Waals surface area contributed by atoms with Gasteiger partial charge in [0.2, 0.25) is 5.91 Å². The SMILES string of the molecule is CN(C)C(=O)CNC(=NCc1cccc(Cl)c1)NC1CCOc2ccccc21. The molecule has 2 aromatic carbocycles. The molecule has 148 valence electrons. The van der Waals surface area contributed by atoms with Gasteiger partial charge in [-0.25, -0.2) is 4.99 Å². The van der Waals surface area contributed by atoms with Crippen molar-refractivity contribution in [1.29, 1.82) is 0 Å². The van der Waals surface area contributed by atoms with Crippen LogP contribution in [0.3, 0.4) is 0 Å². The smallest absolute Gasteiger partial charge is 0.241 e. The molecule has 0 spiro atoms. The van der Waals surface area contributed by atoms with E-state index in [0.29, 0.717) is 24.1 Å². The van der Waals surface area contributed by atoms with Gasteiger partial charge < -0.3 is 20.3 Å². The third-order valence-corrected chi connectivity index (χ3v) is 4.72. The van der Waals surface area contributed by atoms with Crippen LogP contribution in [0.4, 0.5) is 0 Å². The summed E-state index contributed by atoms with van der Waals surface area (Å²) in [5.74, 6) is 1.44. The molecular formula is C21H25ClN4O2. The van der Waals surface area contributed by atoms with Gasteiger partial charge in [0.15, 0.2) is 5.96 Å². The van der Waals surface area contributed by atoms with E-state index in [4.69, 9.17) is 16.3 Å². The van der Waals surface area contributed by atoms with Gasteiger partial charge in [0.25, 0.3) is 0 Å². The minimum Gasteiger partial charge on any atom is -0.493 e. The van der Waals surface area contributed by atoms with Crippen LogP contribution in [0.15, 0.2) is 53.5 Å². The number of halogens is 1. The van der Waals surface area contributed by atoms with Gasteiger partial charge in [-0.1, -0.05) is 41.9 Å². The maximum Gasteiger partial charge on any atom is 0.241 e. The van der Waals surface area contributed by atoms with Crippen molar-refractivity contribution in [3.05, 3.63) is 64.7 Å². The lowest BCUT2D eigenvalue weighted by atomic mass is 10.0. The molecule has 2 N–H and O–H groups in total. The zero-order chi connectivity index (χ0) is 19.9. The van der Waals surface area contributed by atoms with E-state index >= 15 is 0 Å². The summed E-state index contributed by atoms with van der Waals surface area (Å²) in [5, 5.41) is 7.26. The lowest BCUT2D eigenvalue weighted by Gasteiger charge is -2.28. The zero-order valence-corrected chi connectivity index (χ0v) is 16.9. The second-order valence-corrected chi connectivity index (χ2v) is 7.24. The third-order valence-electron chi connectivity index (χ3n) is 4.48. The number of aliphatic imine (C=N–C) groups is 1. The van der Waals surface area contributed by atoms with Crippen molar-refractivity contribution >= 4 is 23.5 Å². The number of nitrogens with one attached hydrogen (secondary N) is 2. The van der Waals surface area contributed by atoms with Crippen molar-refractivity contribution in [1.82, 2.24) is 15.5 Å². The first-order valence-corrected chi connectivity index (χ1v) is 9.62. The van der Waals surface area contributed by atoms with Gasteiger partial charge >= 0.3 is 0 Å². The van der Waals surface area contributed by atoms with E-state index in [1.54, 1.807) is 19.0 Å². The number of para-hydroxylation sites is 1. The Morgan fingerprint density at radius 3 is 2.86 bits per heavy atom. The summed E-state index contributed by atoms with van der Waals surface area (Å²) in [6.07, 6.45) is 0.816. The first kappa shape index (κ1) is 20.0. The number of carbonyl (C=O) groups excluding carboxylic acids is 1. The molecule has 28 heavy (non-hydrogen) atoms. The van der Waals surface area contributed by atoms with Crippen molar-refractivity contribution in [3.63, 3.8) is 0 Å². The molecule has 1 amide bonds. The second-order valence-electron chi connectivity index (χ2n) is 6.81. The number of likely N-dealkylation sites (N-methyl/N-ethyl adjacent to an activating group) is 1. The molecule has 2 aromatic rings. The predicted molar refractivity (Wildman–Crippen MR) is 112 cm³/mol. The molecule has 0 saturated carbocycles. The third kappa shape index (κ3) is 5.39. The van der Waals surface area contributed by atoms with Crippen molar-refractivity contribution in [3.8, 4) is 5.75 Å². The summed E-state index contributed by atoms with van der Waals surface area (Å²) in [4.78, 5) is 18.2. The molecule has 0 saturated heterocycles. The van der Waals surface area contributed by atoms with E-state index in [-0.39, 0.29) is 18.5 Å². The number of fused-ring (bicyclic) bond motifs is 1.